The van der Waals surface area contributed by atoms with Crippen molar-refractivity contribution in [2.75, 3.05) is 12.8 Å². The van der Waals surface area contributed by atoms with E-state index >= 15 is 0 Å². The quantitative estimate of drug-likeness (QED) is 0.251. The summed E-state index contributed by atoms with van der Waals surface area (Å²) in [6, 6.07) is 9.68. The molecule has 14 heteroatoms. The van der Waals surface area contributed by atoms with Gasteiger partial charge < -0.3 is 15.2 Å². The molecule has 0 spiro atoms. The van der Waals surface area contributed by atoms with Gasteiger partial charge in [0.25, 0.3) is 5.91 Å². The summed E-state index contributed by atoms with van der Waals surface area (Å²) in [6.45, 7) is 1.60. The Kier molecular flexibility index (Phi) is 7.01. The van der Waals surface area contributed by atoms with Crippen LogP contribution < -0.4 is 20.6 Å². The number of ether oxygens (including phenoxy) is 2. The van der Waals surface area contributed by atoms with Gasteiger partial charge in [-0.15, -0.1) is 5.10 Å². The molecule has 3 N–H and O–H groups in total. The van der Waals surface area contributed by atoms with Crippen LogP contribution in [-0.4, -0.2) is 44.5 Å². The highest BCUT2D eigenvalue weighted by atomic mass is 79.9. The van der Waals surface area contributed by atoms with Gasteiger partial charge in [0.2, 0.25) is 11.6 Å². The number of benzene rings is 2. The fourth-order valence-electron chi connectivity index (χ4n) is 3.04. The van der Waals surface area contributed by atoms with Crippen LogP contribution in [-0.2, 0) is 6.61 Å². The Morgan fingerprint density at radius 3 is 2.86 bits per heavy atom. The molecule has 35 heavy (non-hydrogen) atoms. The third kappa shape index (κ3) is 5.11. The van der Waals surface area contributed by atoms with E-state index in [2.05, 4.69) is 51.7 Å². The first-order chi connectivity index (χ1) is 16.9. The van der Waals surface area contributed by atoms with Crippen LogP contribution in [0.1, 0.15) is 27.3 Å². The highest BCUT2D eigenvalue weighted by Gasteiger charge is 2.22. The highest BCUT2D eigenvalue weighted by molar-refractivity contribution is 9.10. The largest absolute Gasteiger partial charge is 0.493 e. The molecule has 2 heterocycles. The molecule has 0 aliphatic heterocycles. The third-order valence-electron chi connectivity index (χ3n) is 4.71. The van der Waals surface area contributed by atoms with Crippen LogP contribution in [0, 0.1) is 12.7 Å². The zero-order valence-electron chi connectivity index (χ0n) is 18.4. The summed E-state index contributed by atoms with van der Waals surface area (Å²) < 4.78 is 31.3. The van der Waals surface area contributed by atoms with Crippen molar-refractivity contribution in [1.29, 1.82) is 0 Å². The molecule has 2 aromatic carbocycles. The number of rotatable bonds is 8. The summed E-state index contributed by atoms with van der Waals surface area (Å²) >= 11 is 3.43. The van der Waals surface area contributed by atoms with Crippen LogP contribution >= 0.6 is 15.9 Å². The van der Waals surface area contributed by atoms with Gasteiger partial charge in [-0.1, -0.05) is 23.4 Å². The Balaban J connectivity index is 1.49. The molecule has 0 bridgehead atoms. The number of anilines is 1. The Labute approximate surface area is 206 Å². The third-order valence-corrected chi connectivity index (χ3v) is 5.30. The first kappa shape index (κ1) is 23.8. The van der Waals surface area contributed by atoms with Gasteiger partial charge in [-0.25, -0.2) is 14.4 Å². The lowest BCUT2D eigenvalue weighted by Gasteiger charge is -2.14. The summed E-state index contributed by atoms with van der Waals surface area (Å²) in [4.78, 5) is 12.7. The van der Waals surface area contributed by atoms with Crippen LogP contribution in [0.25, 0.3) is 5.82 Å². The Bertz CT molecular complexity index is 1400. The maximum absolute atomic E-state index is 13.9. The van der Waals surface area contributed by atoms with Gasteiger partial charge in [0.15, 0.2) is 17.2 Å². The van der Waals surface area contributed by atoms with Crippen LogP contribution in [0.2, 0.25) is 0 Å². The summed E-state index contributed by atoms with van der Waals surface area (Å²) in [6.07, 6.45) is 1.40. The van der Waals surface area contributed by atoms with E-state index in [1.807, 2.05) is 0 Å². The van der Waals surface area contributed by atoms with Gasteiger partial charge in [-0.2, -0.15) is 9.78 Å². The van der Waals surface area contributed by atoms with E-state index in [-0.39, 0.29) is 29.8 Å². The topological polar surface area (TPSA) is 156 Å². The number of nitrogens with one attached hydrogen (secondary N) is 1. The molecular weight excluding hydrogens is 527 g/mol. The molecule has 4 aromatic rings. The minimum atomic E-state index is -0.609. The van der Waals surface area contributed by atoms with Crippen molar-refractivity contribution < 1.29 is 23.3 Å². The minimum absolute atomic E-state index is 0.0117. The number of hydrogen-bond donors (Lipinski definition) is 2. The molecule has 180 valence electrons. The van der Waals surface area contributed by atoms with E-state index in [1.165, 1.54) is 19.4 Å². The number of amides is 1. The van der Waals surface area contributed by atoms with Gasteiger partial charge in [0, 0.05) is 5.56 Å². The zero-order chi connectivity index (χ0) is 24.9. The monoisotopic (exact) mass is 544 g/mol. The van der Waals surface area contributed by atoms with Crippen molar-refractivity contribution in [1.82, 2.24) is 30.7 Å². The number of hydrazone groups is 1. The van der Waals surface area contributed by atoms with Gasteiger partial charge >= 0.3 is 0 Å². The Hall–Kier alpha value is -4.33. The smallest absolute Gasteiger partial charge is 0.292 e. The Morgan fingerprint density at radius 1 is 1.34 bits per heavy atom. The van der Waals surface area contributed by atoms with E-state index in [0.717, 1.165) is 4.68 Å². The van der Waals surface area contributed by atoms with Crippen LogP contribution in [0.5, 0.6) is 11.5 Å². The van der Waals surface area contributed by atoms with E-state index in [0.29, 0.717) is 32.8 Å². The number of carbonyl (C=O) groups excluding carboxylic acids is 1. The summed E-state index contributed by atoms with van der Waals surface area (Å²) in [5, 5.41) is 18.8. The number of carbonyl (C=O) groups is 1. The van der Waals surface area contributed by atoms with Crippen molar-refractivity contribution >= 4 is 33.9 Å². The van der Waals surface area contributed by atoms with E-state index in [9.17, 15) is 9.18 Å². The maximum atomic E-state index is 13.9. The molecule has 0 saturated carbocycles. The number of halogens is 2. The van der Waals surface area contributed by atoms with Crippen LogP contribution in [0.3, 0.4) is 0 Å². The molecule has 0 saturated heterocycles. The zero-order valence-corrected chi connectivity index (χ0v) is 20.0. The molecule has 0 unspecified atom stereocenters. The van der Waals surface area contributed by atoms with E-state index < -0.39 is 5.91 Å². The predicted molar refractivity (Wildman–Crippen MR) is 125 cm³/mol. The standard InChI is InChI=1S/C21H18BrFN8O4/c1-11-17(31(30-26-11)20-19(24)28-35-29-20)21(32)27-25-9-12-7-14(22)18(16(8-12)33-2)34-10-13-5-3-4-6-15(13)23/h3-9H,10H2,1-2H3,(H2,24,28)(H,27,32)/b25-9-. The molecule has 2 aromatic heterocycles. The lowest BCUT2D eigenvalue weighted by atomic mass is 10.2. The van der Waals surface area contributed by atoms with Crippen molar-refractivity contribution in [2.45, 2.75) is 13.5 Å². The van der Waals surface area contributed by atoms with Gasteiger partial charge in [0.1, 0.15) is 12.4 Å². The Morgan fingerprint density at radius 2 is 2.14 bits per heavy atom. The number of hydrogen-bond acceptors (Lipinski definition) is 10. The molecule has 0 aliphatic rings. The molecule has 0 radical (unpaired) electrons. The molecule has 12 nitrogen and oxygen atoms in total. The second-order valence-electron chi connectivity index (χ2n) is 7.02. The van der Waals surface area contributed by atoms with Gasteiger partial charge in [-0.3, -0.25) is 4.79 Å². The first-order valence-corrected chi connectivity index (χ1v) is 10.8. The molecule has 0 aliphatic carbocycles. The maximum Gasteiger partial charge on any atom is 0.292 e. The minimum Gasteiger partial charge on any atom is -0.493 e. The van der Waals surface area contributed by atoms with Gasteiger partial charge in [-0.05, 0) is 56.9 Å². The summed E-state index contributed by atoms with van der Waals surface area (Å²) in [5.41, 5.74) is 9.45. The van der Waals surface area contributed by atoms with E-state index in [1.54, 1.807) is 37.3 Å². The SMILES string of the molecule is COc1cc(/C=N\NC(=O)c2c(C)nnn2-c2nonc2N)cc(Br)c1OCc1ccccc1F. The molecule has 4 rings (SSSR count). The average Bonchev–Trinajstić information content (AvgIpc) is 3.43. The number of methoxy groups -OCH3 is 1. The number of aryl methyl sites for hydroxylation is 1. The summed E-state index contributed by atoms with van der Waals surface area (Å²) in [5.74, 6) is -0.226. The average molecular weight is 545 g/mol. The fraction of sp³-hybridized carbons (Fsp3) is 0.143. The second kappa shape index (κ2) is 10.3. The molecule has 0 fully saturated rings. The normalized spacial score (nSPS) is 11.1. The van der Waals surface area contributed by atoms with Crippen molar-refractivity contribution in [3.63, 3.8) is 0 Å². The number of nitrogens with two attached hydrogens (primary N) is 1. The highest BCUT2D eigenvalue weighted by Crippen LogP contribution is 2.37. The number of nitrogen functional groups attached to an aromatic ring is 1. The fourth-order valence-corrected chi connectivity index (χ4v) is 3.62. The van der Waals surface area contributed by atoms with Crippen molar-refractivity contribution in [3.8, 4) is 17.3 Å². The summed E-state index contributed by atoms with van der Waals surface area (Å²) in [7, 11) is 1.47. The van der Waals surface area contributed by atoms with Crippen LogP contribution in [0.15, 0.2) is 50.6 Å². The second-order valence-corrected chi connectivity index (χ2v) is 7.88. The lowest BCUT2D eigenvalue weighted by molar-refractivity contribution is 0.0946. The van der Waals surface area contributed by atoms with E-state index in [4.69, 9.17) is 15.2 Å². The lowest BCUT2D eigenvalue weighted by Crippen LogP contribution is -2.22. The van der Waals surface area contributed by atoms with Crippen LogP contribution in [0.4, 0.5) is 10.2 Å². The first-order valence-electron chi connectivity index (χ1n) is 9.97. The molecule has 1 amide bonds. The van der Waals surface area contributed by atoms with Crippen molar-refractivity contribution in [3.05, 3.63) is 69.2 Å². The van der Waals surface area contributed by atoms with Gasteiger partial charge in [0.05, 0.1) is 23.5 Å². The molecule has 0 atom stereocenters. The predicted octanol–water partition coefficient (Wildman–Crippen LogP) is 2.79. The number of nitrogens with zero attached hydrogens (tertiary/aromatic N) is 6. The molecular formula is C21H18BrFN8O4. The number of aromatic nitrogens is 5. The van der Waals surface area contributed by atoms with Crippen molar-refractivity contribution in [2.24, 2.45) is 5.10 Å².